The molecule has 2 aromatic rings. The lowest BCUT2D eigenvalue weighted by atomic mass is 10.1. The smallest absolute Gasteiger partial charge is 0.338 e. The molecule has 0 aliphatic rings. The van der Waals surface area contributed by atoms with Gasteiger partial charge in [-0.05, 0) is 43.2 Å². The van der Waals surface area contributed by atoms with Gasteiger partial charge in [-0.25, -0.2) is 4.79 Å². The van der Waals surface area contributed by atoms with Gasteiger partial charge in [-0.2, -0.15) is 0 Å². The molecule has 0 radical (unpaired) electrons. The number of hydrogen-bond donors (Lipinski definition) is 2. The first-order valence-electron chi connectivity index (χ1n) is 7.92. The molecule has 0 atom stereocenters. The van der Waals surface area contributed by atoms with Crippen LogP contribution >= 0.6 is 11.6 Å². The van der Waals surface area contributed by atoms with Crippen LogP contribution in [-0.2, 0) is 14.3 Å². The Hall–Kier alpha value is -2.86. The van der Waals surface area contributed by atoms with Gasteiger partial charge in [0.25, 0.3) is 5.91 Å². The topological polar surface area (TPSA) is 84.5 Å². The van der Waals surface area contributed by atoms with E-state index >= 15 is 0 Å². The van der Waals surface area contributed by atoms with Crippen LogP contribution in [0.4, 0.5) is 5.69 Å². The Balaban J connectivity index is 1.78. The molecule has 0 aliphatic heterocycles. The molecule has 0 saturated heterocycles. The Morgan fingerprint density at radius 1 is 1.00 bits per heavy atom. The van der Waals surface area contributed by atoms with E-state index in [1.807, 2.05) is 32.0 Å². The van der Waals surface area contributed by atoms with E-state index in [-0.39, 0.29) is 18.0 Å². The second-order valence-electron chi connectivity index (χ2n) is 5.68. The molecule has 0 heterocycles. The molecule has 0 unspecified atom stereocenters. The maximum absolute atomic E-state index is 12.0. The molecule has 0 aliphatic carbocycles. The molecule has 2 amide bonds. The van der Waals surface area contributed by atoms with E-state index in [1.54, 1.807) is 12.1 Å². The summed E-state index contributed by atoms with van der Waals surface area (Å²) < 4.78 is 4.89. The number of halogens is 1. The van der Waals surface area contributed by atoms with Gasteiger partial charge in [-0.1, -0.05) is 35.9 Å². The highest BCUT2D eigenvalue weighted by Crippen LogP contribution is 2.19. The summed E-state index contributed by atoms with van der Waals surface area (Å²) in [5.74, 6) is -1.60. The van der Waals surface area contributed by atoms with Crippen LogP contribution < -0.4 is 10.6 Å². The minimum absolute atomic E-state index is 0.221. The summed E-state index contributed by atoms with van der Waals surface area (Å²) in [5, 5.41) is 5.56. The van der Waals surface area contributed by atoms with Crippen molar-refractivity contribution in [2.75, 3.05) is 18.5 Å². The van der Waals surface area contributed by atoms with Crippen molar-refractivity contribution in [2.24, 2.45) is 0 Å². The maximum Gasteiger partial charge on any atom is 0.338 e. The zero-order valence-corrected chi connectivity index (χ0v) is 15.2. The van der Waals surface area contributed by atoms with Gasteiger partial charge in [0.15, 0.2) is 6.61 Å². The first-order chi connectivity index (χ1) is 12.4. The van der Waals surface area contributed by atoms with Crippen molar-refractivity contribution >= 4 is 35.1 Å². The van der Waals surface area contributed by atoms with Gasteiger partial charge in [0.2, 0.25) is 5.91 Å². The van der Waals surface area contributed by atoms with Crippen LogP contribution in [0.5, 0.6) is 0 Å². The number of benzene rings is 2. The predicted molar refractivity (Wildman–Crippen MR) is 99.3 cm³/mol. The molecule has 26 heavy (non-hydrogen) atoms. The summed E-state index contributed by atoms with van der Waals surface area (Å²) in [6, 6.07) is 11.9. The summed E-state index contributed by atoms with van der Waals surface area (Å²) in [6.45, 7) is 3.07. The first-order valence-corrected chi connectivity index (χ1v) is 8.30. The van der Waals surface area contributed by atoms with Crippen molar-refractivity contribution in [1.82, 2.24) is 5.32 Å². The Kier molecular flexibility index (Phi) is 6.74. The predicted octanol–water partition coefficient (Wildman–Crippen LogP) is 2.87. The summed E-state index contributed by atoms with van der Waals surface area (Å²) in [5.41, 5.74) is 2.83. The highest BCUT2D eigenvalue weighted by Gasteiger charge is 2.12. The number of carbonyl (C=O) groups is 3. The number of nitrogens with one attached hydrogen (secondary N) is 2. The SMILES string of the molecule is Cc1cccc(C)c1NC(=O)CNC(=O)COC(=O)c1cccc(Cl)c1. The molecule has 0 spiro atoms. The number of para-hydroxylation sites is 1. The third-order valence-corrected chi connectivity index (χ3v) is 3.82. The molecule has 136 valence electrons. The second kappa shape index (κ2) is 9.01. The summed E-state index contributed by atoms with van der Waals surface area (Å²) >= 11 is 5.79. The van der Waals surface area contributed by atoms with E-state index in [0.29, 0.717) is 5.02 Å². The third-order valence-electron chi connectivity index (χ3n) is 3.59. The van der Waals surface area contributed by atoms with Crippen LogP contribution in [0.1, 0.15) is 21.5 Å². The van der Waals surface area contributed by atoms with Gasteiger partial charge in [-0.3, -0.25) is 9.59 Å². The van der Waals surface area contributed by atoms with Gasteiger partial charge >= 0.3 is 5.97 Å². The third kappa shape index (κ3) is 5.60. The van der Waals surface area contributed by atoms with Gasteiger partial charge in [-0.15, -0.1) is 0 Å². The standard InChI is InChI=1S/C19H19ClN2O4/c1-12-5-3-6-13(2)18(12)22-16(23)10-21-17(24)11-26-19(25)14-7-4-8-15(20)9-14/h3-9H,10-11H2,1-2H3,(H,21,24)(H,22,23). The first kappa shape index (κ1) is 19.5. The molecule has 0 aromatic heterocycles. The second-order valence-corrected chi connectivity index (χ2v) is 6.11. The average Bonchev–Trinajstić information content (AvgIpc) is 2.61. The summed E-state index contributed by atoms with van der Waals surface area (Å²) in [6.07, 6.45) is 0. The quantitative estimate of drug-likeness (QED) is 0.761. The van der Waals surface area contributed by atoms with E-state index in [2.05, 4.69) is 10.6 Å². The molecule has 0 bridgehead atoms. The lowest BCUT2D eigenvalue weighted by Gasteiger charge is -2.12. The van der Waals surface area contributed by atoms with E-state index in [1.165, 1.54) is 12.1 Å². The average molecular weight is 375 g/mol. The number of rotatable bonds is 6. The molecular weight excluding hydrogens is 356 g/mol. The lowest BCUT2D eigenvalue weighted by Crippen LogP contribution is -2.35. The fourth-order valence-corrected chi connectivity index (χ4v) is 2.45. The molecule has 2 aromatic carbocycles. The fraction of sp³-hybridized carbons (Fsp3) is 0.211. The highest BCUT2D eigenvalue weighted by molar-refractivity contribution is 6.30. The van der Waals surface area contributed by atoms with Crippen molar-refractivity contribution < 1.29 is 19.1 Å². The van der Waals surface area contributed by atoms with Gasteiger partial charge < -0.3 is 15.4 Å². The normalized spacial score (nSPS) is 10.1. The largest absolute Gasteiger partial charge is 0.452 e. The molecule has 2 rings (SSSR count). The van der Waals surface area contributed by atoms with Crippen molar-refractivity contribution in [1.29, 1.82) is 0 Å². The van der Waals surface area contributed by atoms with Crippen LogP contribution in [-0.4, -0.2) is 30.9 Å². The molecule has 6 nitrogen and oxygen atoms in total. The Morgan fingerprint density at radius 3 is 2.31 bits per heavy atom. The van der Waals surface area contributed by atoms with Crippen LogP contribution in [0.2, 0.25) is 5.02 Å². The minimum atomic E-state index is -0.664. The van der Waals surface area contributed by atoms with Crippen LogP contribution in [0.15, 0.2) is 42.5 Å². The highest BCUT2D eigenvalue weighted by atomic mass is 35.5. The number of amides is 2. The number of anilines is 1. The van der Waals surface area contributed by atoms with Crippen molar-refractivity contribution in [3.63, 3.8) is 0 Å². The van der Waals surface area contributed by atoms with E-state index in [9.17, 15) is 14.4 Å². The number of ether oxygens (including phenoxy) is 1. The molecule has 0 saturated carbocycles. The Morgan fingerprint density at radius 2 is 1.65 bits per heavy atom. The molecule has 7 heteroatoms. The monoisotopic (exact) mass is 374 g/mol. The van der Waals surface area contributed by atoms with Gasteiger partial charge in [0, 0.05) is 10.7 Å². The minimum Gasteiger partial charge on any atom is -0.452 e. The van der Waals surface area contributed by atoms with Crippen molar-refractivity contribution in [2.45, 2.75) is 13.8 Å². The summed E-state index contributed by atoms with van der Waals surface area (Å²) in [7, 11) is 0. The van der Waals surface area contributed by atoms with E-state index in [0.717, 1.165) is 16.8 Å². The number of carbonyl (C=O) groups excluding carboxylic acids is 3. The van der Waals surface area contributed by atoms with Crippen LogP contribution in [0.25, 0.3) is 0 Å². The van der Waals surface area contributed by atoms with Gasteiger partial charge in [0.05, 0.1) is 12.1 Å². The maximum atomic E-state index is 12.0. The van der Waals surface area contributed by atoms with Crippen molar-refractivity contribution in [3.05, 3.63) is 64.2 Å². The molecule has 0 fully saturated rings. The van der Waals surface area contributed by atoms with Crippen molar-refractivity contribution in [3.8, 4) is 0 Å². The van der Waals surface area contributed by atoms with Crippen LogP contribution in [0, 0.1) is 13.8 Å². The van der Waals surface area contributed by atoms with E-state index in [4.69, 9.17) is 16.3 Å². The number of aryl methyl sites for hydroxylation is 2. The number of hydrogen-bond acceptors (Lipinski definition) is 4. The van der Waals surface area contributed by atoms with Gasteiger partial charge in [0.1, 0.15) is 0 Å². The zero-order valence-electron chi connectivity index (χ0n) is 14.5. The Labute approximate surface area is 156 Å². The number of esters is 1. The Bertz CT molecular complexity index is 816. The molecular formula is C19H19ClN2O4. The fourth-order valence-electron chi connectivity index (χ4n) is 2.26. The summed E-state index contributed by atoms with van der Waals surface area (Å²) in [4.78, 5) is 35.5. The zero-order chi connectivity index (χ0) is 19.1. The lowest BCUT2D eigenvalue weighted by molar-refractivity contribution is -0.126. The van der Waals surface area contributed by atoms with E-state index < -0.39 is 18.5 Å². The molecule has 2 N–H and O–H groups in total. The van der Waals surface area contributed by atoms with Crippen LogP contribution in [0.3, 0.4) is 0 Å².